The van der Waals surface area contributed by atoms with Crippen LogP contribution in [0.3, 0.4) is 0 Å². The van der Waals surface area contributed by atoms with E-state index >= 15 is 0 Å². The molecule has 0 aliphatic carbocycles. The normalized spacial score (nSPS) is 17.2. The van der Waals surface area contributed by atoms with Gasteiger partial charge >= 0.3 is 15.5 Å². The van der Waals surface area contributed by atoms with Crippen molar-refractivity contribution in [2.24, 2.45) is 4.99 Å². The standard InChI is InChI=1S/C18H27F3N4O3S/c1-2-22-17(23-11-6-14-28-16-7-4-3-5-8-16)24-15-9-12-25(13-10-15)29(26,27)18(19,20)21/h3-5,7-8,15H,2,6,9-14H2,1H3,(H2,22,23,24). The van der Waals surface area contributed by atoms with Crippen molar-refractivity contribution in [2.75, 3.05) is 32.8 Å². The van der Waals surface area contributed by atoms with Crippen molar-refractivity contribution >= 4 is 16.0 Å². The van der Waals surface area contributed by atoms with Crippen LogP contribution in [-0.2, 0) is 10.0 Å². The molecule has 1 aromatic carbocycles. The Labute approximate surface area is 169 Å². The van der Waals surface area contributed by atoms with Crippen LogP contribution in [0, 0.1) is 0 Å². The van der Waals surface area contributed by atoms with Crippen molar-refractivity contribution in [1.29, 1.82) is 0 Å². The average Bonchev–Trinajstić information content (AvgIpc) is 2.68. The molecule has 1 aromatic rings. The van der Waals surface area contributed by atoms with E-state index in [-0.39, 0.29) is 32.0 Å². The molecule has 7 nitrogen and oxygen atoms in total. The van der Waals surface area contributed by atoms with Gasteiger partial charge in [0.25, 0.3) is 0 Å². The van der Waals surface area contributed by atoms with E-state index in [1.165, 1.54) is 0 Å². The highest BCUT2D eigenvalue weighted by atomic mass is 32.2. The van der Waals surface area contributed by atoms with Crippen LogP contribution in [0.15, 0.2) is 35.3 Å². The van der Waals surface area contributed by atoms with Gasteiger partial charge in [0.2, 0.25) is 0 Å². The van der Waals surface area contributed by atoms with E-state index in [2.05, 4.69) is 15.6 Å². The van der Waals surface area contributed by atoms with Crippen molar-refractivity contribution in [2.45, 2.75) is 37.7 Å². The van der Waals surface area contributed by atoms with Crippen LogP contribution in [0.25, 0.3) is 0 Å². The Balaban J connectivity index is 1.78. The molecule has 1 heterocycles. The summed E-state index contributed by atoms with van der Waals surface area (Å²) >= 11 is 0. The second kappa shape index (κ2) is 10.7. The van der Waals surface area contributed by atoms with Crippen LogP contribution < -0.4 is 15.4 Å². The minimum atomic E-state index is -5.26. The van der Waals surface area contributed by atoms with E-state index in [1.807, 2.05) is 37.3 Å². The third-order valence-electron chi connectivity index (χ3n) is 4.36. The number of nitrogens with zero attached hydrogens (tertiary/aromatic N) is 2. The minimum Gasteiger partial charge on any atom is -0.494 e. The first-order valence-electron chi connectivity index (χ1n) is 9.53. The highest BCUT2D eigenvalue weighted by Gasteiger charge is 2.50. The largest absolute Gasteiger partial charge is 0.511 e. The number of alkyl halides is 3. The van der Waals surface area contributed by atoms with E-state index < -0.39 is 15.5 Å². The summed E-state index contributed by atoms with van der Waals surface area (Å²) in [4.78, 5) is 4.45. The summed E-state index contributed by atoms with van der Waals surface area (Å²) in [6.45, 7) is 3.22. The lowest BCUT2D eigenvalue weighted by molar-refractivity contribution is -0.0494. The monoisotopic (exact) mass is 436 g/mol. The first-order chi connectivity index (χ1) is 13.7. The molecule has 0 aromatic heterocycles. The number of hydrogen-bond donors (Lipinski definition) is 2. The zero-order chi connectivity index (χ0) is 21.3. The van der Waals surface area contributed by atoms with Gasteiger partial charge < -0.3 is 15.4 Å². The van der Waals surface area contributed by atoms with Crippen molar-refractivity contribution in [3.63, 3.8) is 0 Å². The zero-order valence-corrected chi connectivity index (χ0v) is 17.1. The van der Waals surface area contributed by atoms with Crippen molar-refractivity contribution in [3.8, 4) is 5.75 Å². The van der Waals surface area contributed by atoms with Crippen molar-refractivity contribution in [1.82, 2.24) is 14.9 Å². The maximum absolute atomic E-state index is 12.7. The lowest BCUT2D eigenvalue weighted by Crippen LogP contribution is -2.51. The molecule has 0 saturated carbocycles. The number of ether oxygens (including phenoxy) is 1. The Kier molecular flexibility index (Phi) is 8.57. The maximum Gasteiger partial charge on any atom is 0.511 e. The number of benzene rings is 1. The molecule has 0 radical (unpaired) electrons. The van der Waals surface area contributed by atoms with E-state index in [0.717, 1.165) is 5.75 Å². The summed E-state index contributed by atoms with van der Waals surface area (Å²) in [5.41, 5.74) is -5.26. The molecule has 0 amide bonds. The van der Waals surface area contributed by atoms with Gasteiger partial charge in [0.1, 0.15) is 5.75 Å². The SMILES string of the molecule is CCNC(=NCCCOc1ccccc1)NC1CCN(S(=O)(=O)C(F)(F)F)CC1. The second-order valence-corrected chi connectivity index (χ2v) is 8.47. The summed E-state index contributed by atoms with van der Waals surface area (Å²) < 4.78 is 67.0. The first kappa shape index (κ1) is 23.3. The minimum absolute atomic E-state index is 0.145. The molecule has 29 heavy (non-hydrogen) atoms. The summed E-state index contributed by atoms with van der Waals surface area (Å²) in [6, 6.07) is 9.31. The smallest absolute Gasteiger partial charge is 0.494 e. The summed E-state index contributed by atoms with van der Waals surface area (Å²) in [6.07, 6.45) is 1.25. The Morgan fingerprint density at radius 1 is 1.24 bits per heavy atom. The van der Waals surface area contributed by atoms with Gasteiger partial charge in [0, 0.05) is 38.6 Å². The molecule has 0 bridgehead atoms. The number of para-hydroxylation sites is 1. The number of guanidine groups is 1. The average molecular weight is 437 g/mol. The van der Waals surface area contributed by atoms with Crippen LogP contribution in [0.1, 0.15) is 26.2 Å². The summed E-state index contributed by atoms with van der Waals surface area (Å²) in [7, 11) is -5.26. The number of hydrogen-bond acceptors (Lipinski definition) is 4. The maximum atomic E-state index is 12.7. The molecular formula is C18H27F3N4O3S. The molecule has 1 aliphatic heterocycles. The highest BCUT2D eigenvalue weighted by molar-refractivity contribution is 7.90. The van der Waals surface area contributed by atoms with Gasteiger partial charge in [-0.3, -0.25) is 4.99 Å². The fourth-order valence-corrected chi connectivity index (χ4v) is 3.85. The van der Waals surface area contributed by atoms with Crippen LogP contribution in [0.5, 0.6) is 5.75 Å². The Bertz CT molecular complexity index is 749. The summed E-state index contributed by atoms with van der Waals surface area (Å²) in [5, 5.41) is 6.26. The fourth-order valence-electron chi connectivity index (χ4n) is 2.86. The number of sulfonamides is 1. The Morgan fingerprint density at radius 2 is 1.90 bits per heavy atom. The van der Waals surface area contributed by atoms with E-state index in [9.17, 15) is 21.6 Å². The molecule has 11 heteroatoms. The molecule has 0 spiro atoms. The Hall–Kier alpha value is -2.01. The quantitative estimate of drug-likeness (QED) is 0.371. The number of piperidine rings is 1. The predicted molar refractivity (Wildman–Crippen MR) is 105 cm³/mol. The molecular weight excluding hydrogens is 409 g/mol. The van der Waals surface area contributed by atoms with E-state index in [0.29, 0.717) is 36.4 Å². The number of nitrogens with one attached hydrogen (secondary N) is 2. The zero-order valence-electron chi connectivity index (χ0n) is 16.3. The van der Waals surface area contributed by atoms with Crippen LogP contribution in [0.4, 0.5) is 13.2 Å². The third kappa shape index (κ3) is 7.07. The third-order valence-corrected chi connectivity index (χ3v) is 5.99. The van der Waals surface area contributed by atoms with Crippen LogP contribution in [0.2, 0.25) is 0 Å². The van der Waals surface area contributed by atoms with Gasteiger partial charge in [-0.25, -0.2) is 8.42 Å². The summed E-state index contributed by atoms with van der Waals surface area (Å²) in [5.74, 6) is 1.35. The van der Waals surface area contributed by atoms with Gasteiger partial charge in [-0.15, -0.1) is 0 Å². The first-order valence-corrected chi connectivity index (χ1v) is 11.0. The van der Waals surface area contributed by atoms with Gasteiger partial charge in [-0.1, -0.05) is 18.2 Å². The molecule has 164 valence electrons. The van der Waals surface area contributed by atoms with Crippen LogP contribution in [-0.4, -0.2) is 63.0 Å². The van der Waals surface area contributed by atoms with E-state index in [1.54, 1.807) is 0 Å². The van der Waals surface area contributed by atoms with Gasteiger partial charge in [0.05, 0.1) is 6.61 Å². The molecule has 0 atom stereocenters. The second-order valence-electron chi connectivity index (χ2n) is 6.54. The lowest BCUT2D eigenvalue weighted by atomic mass is 10.1. The molecule has 2 N–H and O–H groups in total. The van der Waals surface area contributed by atoms with Crippen LogP contribution >= 0.6 is 0 Å². The lowest BCUT2D eigenvalue weighted by Gasteiger charge is -2.32. The molecule has 1 saturated heterocycles. The fraction of sp³-hybridized carbons (Fsp3) is 0.611. The highest BCUT2D eigenvalue weighted by Crippen LogP contribution is 2.28. The van der Waals surface area contributed by atoms with E-state index in [4.69, 9.17) is 4.74 Å². The number of rotatable bonds is 8. The topological polar surface area (TPSA) is 83.0 Å². The molecule has 2 rings (SSSR count). The predicted octanol–water partition coefficient (Wildman–Crippen LogP) is 2.32. The molecule has 0 unspecified atom stereocenters. The number of aliphatic imine (C=N–C) groups is 1. The van der Waals surface area contributed by atoms with Crippen molar-refractivity contribution in [3.05, 3.63) is 30.3 Å². The van der Waals surface area contributed by atoms with Crippen molar-refractivity contribution < 1.29 is 26.3 Å². The molecule has 1 fully saturated rings. The van der Waals surface area contributed by atoms with Gasteiger partial charge in [0.15, 0.2) is 5.96 Å². The van der Waals surface area contributed by atoms with Gasteiger partial charge in [-0.05, 0) is 31.9 Å². The number of halogens is 3. The molecule has 1 aliphatic rings. The Morgan fingerprint density at radius 3 is 2.48 bits per heavy atom. The van der Waals surface area contributed by atoms with Gasteiger partial charge in [-0.2, -0.15) is 17.5 Å².